The second-order valence-corrected chi connectivity index (χ2v) is 6.47. The minimum Gasteiger partial charge on any atom is -0.478 e. The maximum Gasteiger partial charge on any atom is 0.335 e. The molecule has 6 heteroatoms. The highest BCUT2D eigenvalue weighted by Gasteiger charge is 2.24. The molecular weight excluding hydrogens is 334 g/mol. The van der Waals surface area contributed by atoms with Gasteiger partial charge in [-0.2, -0.15) is 0 Å². The number of carboxylic acid groups (broad SMARTS) is 1. The van der Waals surface area contributed by atoms with Crippen molar-refractivity contribution in [3.8, 4) is 0 Å². The Bertz CT molecular complexity index is 830. The SMILES string of the molecule is CC1=Cc2cc(C(=O)O)ccc2SN1C(=O)c1ccc(Cl)cc1. The summed E-state index contributed by atoms with van der Waals surface area (Å²) in [7, 11) is 0. The average Bonchev–Trinajstić information content (AvgIpc) is 2.53. The van der Waals surface area contributed by atoms with Crippen LogP contribution in [0.15, 0.2) is 53.1 Å². The van der Waals surface area contributed by atoms with E-state index in [2.05, 4.69) is 0 Å². The van der Waals surface area contributed by atoms with Gasteiger partial charge in [0.25, 0.3) is 5.91 Å². The highest BCUT2D eigenvalue weighted by Crippen LogP contribution is 2.37. The number of nitrogens with zero attached hydrogens (tertiary/aromatic N) is 1. The van der Waals surface area contributed by atoms with Crippen molar-refractivity contribution in [3.05, 3.63) is 69.9 Å². The standard InChI is InChI=1S/C17H12ClNO3S/c1-10-8-13-9-12(17(21)22)4-7-15(13)23-19(10)16(20)11-2-5-14(18)6-3-11/h2-9H,1H3,(H,21,22). The van der Waals surface area contributed by atoms with Gasteiger partial charge in [-0.1, -0.05) is 11.6 Å². The molecule has 0 radical (unpaired) electrons. The number of carboxylic acids is 1. The van der Waals surface area contributed by atoms with Crippen molar-refractivity contribution >= 4 is 41.5 Å². The van der Waals surface area contributed by atoms with Gasteiger partial charge in [-0.05, 0) is 73.0 Å². The van der Waals surface area contributed by atoms with Gasteiger partial charge in [0.2, 0.25) is 0 Å². The molecule has 4 nitrogen and oxygen atoms in total. The number of rotatable bonds is 2. The lowest BCUT2D eigenvalue weighted by molar-refractivity contribution is 0.0696. The number of hydrogen-bond acceptors (Lipinski definition) is 3. The third-order valence-electron chi connectivity index (χ3n) is 3.41. The zero-order valence-corrected chi connectivity index (χ0v) is 13.7. The molecule has 1 heterocycles. The summed E-state index contributed by atoms with van der Waals surface area (Å²) in [6.45, 7) is 1.82. The second-order valence-electron chi connectivity index (χ2n) is 5.04. The van der Waals surface area contributed by atoms with E-state index in [1.54, 1.807) is 40.7 Å². The van der Waals surface area contributed by atoms with Gasteiger partial charge < -0.3 is 5.11 Å². The molecule has 0 unspecified atom stereocenters. The Balaban J connectivity index is 1.92. The van der Waals surface area contributed by atoms with Crippen molar-refractivity contribution in [2.75, 3.05) is 0 Å². The van der Waals surface area contributed by atoms with E-state index in [0.29, 0.717) is 10.6 Å². The maximum atomic E-state index is 12.6. The molecule has 23 heavy (non-hydrogen) atoms. The zero-order chi connectivity index (χ0) is 16.6. The number of hydrogen-bond donors (Lipinski definition) is 1. The quantitative estimate of drug-likeness (QED) is 0.810. The number of halogens is 1. The van der Waals surface area contributed by atoms with Crippen LogP contribution in [0.25, 0.3) is 6.08 Å². The normalized spacial score (nSPS) is 13.3. The van der Waals surface area contributed by atoms with Crippen molar-refractivity contribution in [1.82, 2.24) is 4.31 Å². The molecule has 1 aliphatic heterocycles. The van der Waals surface area contributed by atoms with Crippen LogP contribution < -0.4 is 0 Å². The number of carbonyl (C=O) groups excluding carboxylic acids is 1. The number of fused-ring (bicyclic) bond motifs is 1. The van der Waals surface area contributed by atoms with Gasteiger partial charge >= 0.3 is 5.97 Å². The molecule has 0 saturated heterocycles. The van der Waals surface area contributed by atoms with Crippen LogP contribution in [-0.2, 0) is 0 Å². The van der Waals surface area contributed by atoms with Gasteiger partial charge in [0.1, 0.15) is 0 Å². The molecule has 0 aromatic heterocycles. The summed E-state index contributed by atoms with van der Waals surface area (Å²) in [5.41, 5.74) is 2.31. The fraction of sp³-hybridized carbons (Fsp3) is 0.0588. The Labute approximate surface area is 142 Å². The summed E-state index contributed by atoms with van der Waals surface area (Å²) in [5.74, 6) is -1.11. The van der Waals surface area contributed by atoms with Gasteiger partial charge in [0.05, 0.1) is 5.56 Å². The van der Waals surface area contributed by atoms with Crippen LogP contribution in [-0.4, -0.2) is 21.3 Å². The van der Waals surface area contributed by atoms with Gasteiger partial charge in [0.15, 0.2) is 0 Å². The molecule has 3 rings (SSSR count). The molecule has 1 amide bonds. The molecule has 0 fully saturated rings. The monoisotopic (exact) mass is 345 g/mol. The molecule has 1 aliphatic rings. The summed E-state index contributed by atoms with van der Waals surface area (Å²) in [6.07, 6.45) is 1.81. The van der Waals surface area contributed by atoms with E-state index in [4.69, 9.17) is 16.7 Å². The first-order chi connectivity index (χ1) is 11.0. The summed E-state index contributed by atoms with van der Waals surface area (Å²) in [4.78, 5) is 24.5. The van der Waals surface area contributed by atoms with E-state index in [9.17, 15) is 9.59 Å². The molecule has 0 spiro atoms. The Morgan fingerprint density at radius 2 is 1.74 bits per heavy atom. The number of allylic oxidation sites excluding steroid dienone is 1. The van der Waals surface area contributed by atoms with Crippen molar-refractivity contribution < 1.29 is 14.7 Å². The first kappa shape index (κ1) is 15.6. The number of benzene rings is 2. The fourth-order valence-electron chi connectivity index (χ4n) is 2.24. The van der Waals surface area contributed by atoms with Crippen molar-refractivity contribution in [2.24, 2.45) is 0 Å². The van der Waals surface area contributed by atoms with Crippen molar-refractivity contribution in [1.29, 1.82) is 0 Å². The summed E-state index contributed by atoms with van der Waals surface area (Å²) in [5, 5.41) is 9.64. The van der Waals surface area contributed by atoms with Gasteiger partial charge in [0, 0.05) is 21.2 Å². The number of carbonyl (C=O) groups is 2. The maximum absolute atomic E-state index is 12.6. The molecule has 0 aliphatic carbocycles. The molecule has 0 atom stereocenters. The minimum atomic E-state index is -0.969. The van der Waals surface area contributed by atoms with Crippen LogP contribution in [0, 0.1) is 0 Å². The molecule has 0 bridgehead atoms. The van der Waals surface area contributed by atoms with E-state index in [0.717, 1.165) is 16.2 Å². The van der Waals surface area contributed by atoms with E-state index in [-0.39, 0.29) is 11.5 Å². The van der Waals surface area contributed by atoms with E-state index in [1.165, 1.54) is 18.0 Å². The largest absolute Gasteiger partial charge is 0.478 e. The summed E-state index contributed by atoms with van der Waals surface area (Å²) >= 11 is 7.13. The van der Waals surface area contributed by atoms with Crippen LogP contribution in [0.3, 0.4) is 0 Å². The van der Waals surface area contributed by atoms with E-state index < -0.39 is 5.97 Å². The topological polar surface area (TPSA) is 57.6 Å². The Hall–Kier alpha value is -2.24. The van der Waals surface area contributed by atoms with Crippen LogP contribution >= 0.6 is 23.5 Å². The zero-order valence-electron chi connectivity index (χ0n) is 12.1. The van der Waals surface area contributed by atoms with Crippen molar-refractivity contribution in [2.45, 2.75) is 11.8 Å². The van der Waals surface area contributed by atoms with Gasteiger partial charge in [-0.15, -0.1) is 0 Å². The molecule has 116 valence electrons. The lowest BCUT2D eigenvalue weighted by Gasteiger charge is -2.27. The van der Waals surface area contributed by atoms with Crippen LogP contribution in [0.4, 0.5) is 0 Å². The Morgan fingerprint density at radius 1 is 1.09 bits per heavy atom. The summed E-state index contributed by atoms with van der Waals surface area (Å²) < 4.78 is 1.59. The van der Waals surface area contributed by atoms with E-state index in [1.807, 2.05) is 13.0 Å². The number of aromatic carboxylic acids is 1. The predicted octanol–water partition coefficient (Wildman–Crippen LogP) is 4.56. The lowest BCUT2D eigenvalue weighted by atomic mass is 10.1. The van der Waals surface area contributed by atoms with Gasteiger partial charge in [-0.25, -0.2) is 9.10 Å². The first-order valence-corrected chi connectivity index (χ1v) is 7.94. The first-order valence-electron chi connectivity index (χ1n) is 6.79. The lowest BCUT2D eigenvalue weighted by Crippen LogP contribution is -2.24. The smallest absolute Gasteiger partial charge is 0.335 e. The molecule has 0 saturated carbocycles. The van der Waals surface area contributed by atoms with Crippen LogP contribution in [0.2, 0.25) is 5.02 Å². The molecule has 1 N–H and O–H groups in total. The number of amides is 1. The highest BCUT2D eigenvalue weighted by molar-refractivity contribution is 7.97. The van der Waals surface area contributed by atoms with Crippen LogP contribution in [0.5, 0.6) is 0 Å². The fourth-order valence-corrected chi connectivity index (χ4v) is 3.30. The van der Waals surface area contributed by atoms with Gasteiger partial charge in [-0.3, -0.25) is 4.79 Å². The highest BCUT2D eigenvalue weighted by atomic mass is 35.5. The third-order valence-corrected chi connectivity index (χ3v) is 4.86. The molecular formula is C17H12ClNO3S. The minimum absolute atomic E-state index is 0.145. The molecule has 2 aromatic rings. The van der Waals surface area contributed by atoms with E-state index >= 15 is 0 Å². The third kappa shape index (κ3) is 3.11. The molecule has 2 aromatic carbocycles. The Morgan fingerprint density at radius 3 is 2.39 bits per heavy atom. The average molecular weight is 346 g/mol. The van der Waals surface area contributed by atoms with Crippen LogP contribution in [0.1, 0.15) is 33.2 Å². The predicted molar refractivity (Wildman–Crippen MR) is 90.5 cm³/mol. The Kier molecular flexibility index (Phi) is 4.15. The second kappa shape index (κ2) is 6.10. The van der Waals surface area contributed by atoms with Crippen molar-refractivity contribution in [3.63, 3.8) is 0 Å². The summed E-state index contributed by atoms with van der Waals surface area (Å²) in [6, 6.07) is 11.6.